The van der Waals surface area contributed by atoms with Crippen molar-refractivity contribution in [3.63, 3.8) is 0 Å². The largest absolute Gasteiger partial charge is 0.467 e. The third-order valence-corrected chi connectivity index (χ3v) is 4.40. The van der Waals surface area contributed by atoms with Gasteiger partial charge in [0.15, 0.2) is 0 Å². The minimum absolute atomic E-state index is 0.00105. The quantitative estimate of drug-likeness (QED) is 0.723. The van der Waals surface area contributed by atoms with Crippen molar-refractivity contribution in [2.24, 2.45) is 0 Å². The van der Waals surface area contributed by atoms with Crippen LogP contribution in [-0.2, 0) is 29.1 Å². The Morgan fingerprint density at radius 2 is 2.19 bits per heavy atom. The Morgan fingerprint density at radius 1 is 1.41 bits per heavy atom. The summed E-state index contributed by atoms with van der Waals surface area (Å²) in [5.41, 5.74) is 2.88. The van der Waals surface area contributed by atoms with Gasteiger partial charge in [0.2, 0.25) is 11.8 Å². The maximum absolute atomic E-state index is 12.3. The van der Waals surface area contributed by atoms with E-state index in [1.54, 1.807) is 25.4 Å². The third-order valence-electron chi connectivity index (χ3n) is 4.40. The van der Waals surface area contributed by atoms with Crippen LogP contribution in [0, 0.1) is 25.2 Å². The molecule has 27 heavy (non-hydrogen) atoms. The zero-order chi connectivity index (χ0) is 19.8. The van der Waals surface area contributed by atoms with Crippen molar-refractivity contribution < 1.29 is 14.0 Å². The number of carbonyl (C=O) groups is 2. The highest BCUT2D eigenvalue weighted by Gasteiger charge is 2.16. The van der Waals surface area contributed by atoms with E-state index in [9.17, 15) is 9.59 Å². The van der Waals surface area contributed by atoms with Crippen LogP contribution in [0.25, 0.3) is 0 Å². The van der Waals surface area contributed by atoms with Gasteiger partial charge in [-0.1, -0.05) is 0 Å². The lowest BCUT2D eigenvalue weighted by Crippen LogP contribution is -2.38. The molecular formula is C19H25N5O3. The fourth-order valence-corrected chi connectivity index (χ4v) is 2.85. The summed E-state index contributed by atoms with van der Waals surface area (Å²) >= 11 is 0. The number of nitriles is 1. The van der Waals surface area contributed by atoms with Crippen LogP contribution in [0.1, 0.15) is 35.6 Å². The van der Waals surface area contributed by atoms with E-state index in [1.165, 1.54) is 4.90 Å². The molecule has 0 aromatic carbocycles. The number of hydrogen-bond donors (Lipinski definition) is 1. The Bertz CT molecular complexity index is 817. The Morgan fingerprint density at radius 3 is 2.85 bits per heavy atom. The Balaban J connectivity index is 1.81. The Labute approximate surface area is 158 Å². The number of rotatable bonds is 9. The highest BCUT2D eigenvalue weighted by atomic mass is 16.3. The second-order valence-electron chi connectivity index (χ2n) is 6.39. The van der Waals surface area contributed by atoms with E-state index < -0.39 is 0 Å². The monoisotopic (exact) mass is 371 g/mol. The number of nitrogens with one attached hydrogen (secondary N) is 1. The standard InChI is InChI=1S/C19H25N5O3/c1-14-17(15(2)24(22-14)10-5-9-20)7-8-19(26)23(3)13-18(25)21-12-16-6-4-11-27-16/h4,6,11H,5,7-8,10,12-13H2,1-3H3,(H,21,25). The zero-order valence-electron chi connectivity index (χ0n) is 16.0. The highest BCUT2D eigenvalue weighted by Crippen LogP contribution is 2.16. The van der Waals surface area contributed by atoms with Crippen LogP contribution in [0.3, 0.4) is 0 Å². The molecule has 0 saturated heterocycles. The number of amides is 2. The third kappa shape index (κ3) is 5.71. The first-order chi connectivity index (χ1) is 12.9. The van der Waals surface area contributed by atoms with Crippen molar-refractivity contribution >= 4 is 11.8 Å². The molecule has 0 aliphatic carbocycles. The molecule has 0 unspecified atom stereocenters. The van der Waals surface area contributed by atoms with Gasteiger partial charge in [0.1, 0.15) is 5.76 Å². The first kappa shape index (κ1) is 20.2. The minimum atomic E-state index is -0.237. The lowest BCUT2D eigenvalue weighted by Gasteiger charge is -2.16. The molecule has 8 nitrogen and oxygen atoms in total. The van der Waals surface area contributed by atoms with Crippen LogP contribution < -0.4 is 5.32 Å². The minimum Gasteiger partial charge on any atom is -0.467 e. The lowest BCUT2D eigenvalue weighted by molar-refractivity contribution is -0.134. The fourth-order valence-electron chi connectivity index (χ4n) is 2.85. The number of hydrogen-bond acceptors (Lipinski definition) is 5. The van der Waals surface area contributed by atoms with Gasteiger partial charge in [0.25, 0.3) is 0 Å². The number of furan rings is 1. The first-order valence-electron chi connectivity index (χ1n) is 8.85. The van der Waals surface area contributed by atoms with Gasteiger partial charge in [0.05, 0.1) is 44.1 Å². The summed E-state index contributed by atoms with van der Waals surface area (Å²) in [5, 5.41) is 15.9. The summed E-state index contributed by atoms with van der Waals surface area (Å²) in [5.74, 6) is 0.322. The fraction of sp³-hybridized carbons (Fsp3) is 0.474. The average Bonchev–Trinajstić information content (AvgIpc) is 3.25. The van der Waals surface area contributed by atoms with Crippen LogP contribution in [0.15, 0.2) is 22.8 Å². The van der Waals surface area contributed by atoms with Gasteiger partial charge in [0, 0.05) is 19.2 Å². The van der Waals surface area contributed by atoms with Gasteiger partial charge in [-0.15, -0.1) is 0 Å². The smallest absolute Gasteiger partial charge is 0.239 e. The van der Waals surface area contributed by atoms with Crippen LogP contribution in [-0.4, -0.2) is 40.1 Å². The predicted octanol–water partition coefficient (Wildman–Crippen LogP) is 1.71. The van der Waals surface area contributed by atoms with Crippen LogP contribution in [0.5, 0.6) is 0 Å². The molecule has 2 rings (SSSR count). The van der Waals surface area contributed by atoms with Crippen molar-refractivity contribution in [2.45, 2.75) is 46.2 Å². The van der Waals surface area contributed by atoms with Gasteiger partial charge in [-0.3, -0.25) is 14.3 Å². The molecule has 0 bridgehead atoms. The average molecular weight is 371 g/mol. The molecule has 2 heterocycles. The van der Waals surface area contributed by atoms with E-state index in [1.807, 2.05) is 18.5 Å². The van der Waals surface area contributed by atoms with Crippen molar-refractivity contribution in [1.82, 2.24) is 20.0 Å². The molecule has 144 valence electrons. The summed E-state index contributed by atoms with van der Waals surface area (Å²) in [7, 11) is 1.62. The lowest BCUT2D eigenvalue weighted by atomic mass is 10.1. The zero-order valence-corrected chi connectivity index (χ0v) is 16.0. The molecule has 2 aromatic rings. The number of aromatic nitrogens is 2. The van der Waals surface area contributed by atoms with Crippen LogP contribution in [0.2, 0.25) is 0 Å². The number of aryl methyl sites for hydroxylation is 2. The molecule has 0 saturated carbocycles. The summed E-state index contributed by atoms with van der Waals surface area (Å²) in [6.45, 7) is 4.70. The van der Waals surface area contributed by atoms with Crippen molar-refractivity contribution in [3.05, 3.63) is 41.1 Å². The first-order valence-corrected chi connectivity index (χ1v) is 8.85. The van der Waals surface area contributed by atoms with E-state index in [0.29, 0.717) is 38.1 Å². The summed E-state index contributed by atoms with van der Waals surface area (Å²) < 4.78 is 6.96. The molecule has 0 fully saturated rings. The maximum Gasteiger partial charge on any atom is 0.239 e. The number of likely N-dealkylation sites (N-methyl/N-ethyl adjacent to an activating group) is 1. The highest BCUT2D eigenvalue weighted by molar-refractivity contribution is 5.84. The second kappa shape index (κ2) is 9.57. The van der Waals surface area contributed by atoms with E-state index >= 15 is 0 Å². The molecule has 0 radical (unpaired) electrons. The molecule has 0 atom stereocenters. The van der Waals surface area contributed by atoms with Gasteiger partial charge >= 0.3 is 0 Å². The van der Waals surface area contributed by atoms with E-state index in [4.69, 9.17) is 9.68 Å². The normalized spacial score (nSPS) is 10.4. The van der Waals surface area contributed by atoms with E-state index in [0.717, 1.165) is 17.0 Å². The molecule has 8 heteroatoms. The van der Waals surface area contributed by atoms with Gasteiger partial charge in [-0.25, -0.2) is 0 Å². The molecule has 0 aliphatic rings. The predicted molar refractivity (Wildman–Crippen MR) is 98.4 cm³/mol. The topological polar surface area (TPSA) is 104 Å². The second-order valence-corrected chi connectivity index (χ2v) is 6.39. The van der Waals surface area contributed by atoms with Gasteiger partial charge < -0.3 is 14.6 Å². The maximum atomic E-state index is 12.3. The number of carbonyl (C=O) groups excluding carboxylic acids is 2. The van der Waals surface area contributed by atoms with Crippen LogP contribution in [0.4, 0.5) is 0 Å². The molecule has 0 spiro atoms. The molecular weight excluding hydrogens is 346 g/mol. The SMILES string of the molecule is Cc1nn(CCC#N)c(C)c1CCC(=O)N(C)CC(=O)NCc1ccco1. The van der Waals surface area contributed by atoms with Crippen molar-refractivity contribution in [1.29, 1.82) is 5.26 Å². The molecule has 2 aromatic heterocycles. The molecule has 0 aliphatic heterocycles. The van der Waals surface area contributed by atoms with Crippen molar-refractivity contribution in [3.8, 4) is 6.07 Å². The number of nitrogens with zero attached hydrogens (tertiary/aromatic N) is 4. The van der Waals surface area contributed by atoms with Crippen molar-refractivity contribution in [2.75, 3.05) is 13.6 Å². The summed E-state index contributed by atoms with van der Waals surface area (Å²) in [6, 6.07) is 5.64. The summed E-state index contributed by atoms with van der Waals surface area (Å²) in [4.78, 5) is 25.7. The summed E-state index contributed by atoms with van der Waals surface area (Å²) in [6.07, 6.45) is 2.80. The van der Waals surface area contributed by atoms with E-state index in [-0.39, 0.29) is 18.4 Å². The van der Waals surface area contributed by atoms with E-state index in [2.05, 4.69) is 16.5 Å². The molecule has 1 N–H and O–H groups in total. The van der Waals surface area contributed by atoms with Gasteiger partial charge in [-0.05, 0) is 38.0 Å². The van der Waals surface area contributed by atoms with Crippen LogP contribution >= 0.6 is 0 Å². The Kier molecular flexibility index (Phi) is 7.17. The Hall–Kier alpha value is -3.08. The molecule has 2 amide bonds. The van der Waals surface area contributed by atoms with Gasteiger partial charge in [-0.2, -0.15) is 10.4 Å².